The number of benzene rings is 2. The number of esters is 2. The van der Waals surface area contributed by atoms with E-state index in [0.29, 0.717) is 16.5 Å². The fraction of sp³-hybridized carbons (Fsp3) is 0.261. The number of fused-ring (bicyclic) bond motifs is 1. The van der Waals surface area contributed by atoms with Crippen LogP contribution in [0.25, 0.3) is 10.9 Å². The first-order valence-electron chi connectivity index (χ1n) is 9.61. The Bertz CT molecular complexity index is 1060. The first kappa shape index (κ1) is 21.1. The van der Waals surface area contributed by atoms with E-state index < -0.39 is 11.9 Å². The van der Waals surface area contributed by atoms with E-state index in [1.54, 1.807) is 33.9 Å². The second-order valence-corrected chi connectivity index (χ2v) is 7.03. The molecule has 1 aromatic heterocycles. The Hall–Kier alpha value is -3.61. The van der Waals surface area contributed by atoms with Gasteiger partial charge in [0.1, 0.15) is 6.54 Å². The van der Waals surface area contributed by atoms with Crippen LogP contribution >= 0.6 is 0 Å². The Morgan fingerprint density at radius 1 is 1.00 bits per heavy atom. The van der Waals surface area contributed by atoms with Gasteiger partial charge in [-0.1, -0.05) is 36.4 Å². The summed E-state index contributed by atoms with van der Waals surface area (Å²) in [5, 5.41) is 0.684. The molecule has 3 rings (SSSR count). The number of carbonyl (C=O) groups is 3. The van der Waals surface area contributed by atoms with Gasteiger partial charge in [0.15, 0.2) is 6.61 Å². The molecule has 7 heteroatoms. The summed E-state index contributed by atoms with van der Waals surface area (Å²) in [6, 6.07) is 16.4. The van der Waals surface area contributed by atoms with E-state index in [0.717, 1.165) is 5.69 Å². The first-order chi connectivity index (χ1) is 14.4. The molecule has 0 fully saturated rings. The second kappa shape index (κ2) is 9.26. The van der Waals surface area contributed by atoms with Crippen LogP contribution < -0.4 is 4.90 Å². The van der Waals surface area contributed by atoms with Gasteiger partial charge in [0, 0.05) is 28.8 Å². The van der Waals surface area contributed by atoms with E-state index in [-0.39, 0.29) is 25.1 Å². The predicted molar refractivity (Wildman–Crippen MR) is 113 cm³/mol. The van der Waals surface area contributed by atoms with Gasteiger partial charge in [-0.25, -0.2) is 4.79 Å². The van der Waals surface area contributed by atoms with E-state index in [2.05, 4.69) is 0 Å². The van der Waals surface area contributed by atoms with Crippen molar-refractivity contribution in [2.45, 2.75) is 26.4 Å². The van der Waals surface area contributed by atoms with Crippen molar-refractivity contribution in [1.29, 1.82) is 0 Å². The minimum atomic E-state index is -0.572. The summed E-state index contributed by atoms with van der Waals surface area (Å²) < 4.78 is 11.7. The fourth-order valence-electron chi connectivity index (χ4n) is 3.37. The number of para-hydroxylation sites is 2. The van der Waals surface area contributed by atoms with Crippen molar-refractivity contribution in [2.24, 2.45) is 0 Å². The molecule has 1 heterocycles. The third-order valence-corrected chi connectivity index (χ3v) is 4.67. The van der Waals surface area contributed by atoms with Crippen LogP contribution in [-0.2, 0) is 25.6 Å². The van der Waals surface area contributed by atoms with Crippen LogP contribution in [0, 0.1) is 0 Å². The summed E-state index contributed by atoms with van der Waals surface area (Å²) in [6.45, 7) is 3.30. The summed E-state index contributed by atoms with van der Waals surface area (Å²) in [4.78, 5) is 38.7. The van der Waals surface area contributed by atoms with E-state index in [1.807, 2.05) is 50.2 Å². The maximum Gasteiger partial charge on any atom is 0.340 e. The number of methoxy groups -OCH3 is 1. The van der Waals surface area contributed by atoms with Crippen LogP contribution in [0.5, 0.6) is 0 Å². The molecule has 2 aromatic carbocycles. The average Bonchev–Trinajstić information content (AvgIpc) is 3.11. The summed E-state index contributed by atoms with van der Waals surface area (Å²) in [6.07, 6.45) is 1.56. The largest absolute Gasteiger partial charge is 0.465 e. The molecular weight excluding hydrogens is 384 g/mol. The monoisotopic (exact) mass is 408 g/mol. The highest BCUT2D eigenvalue weighted by molar-refractivity contribution is 6.04. The number of aromatic nitrogens is 1. The van der Waals surface area contributed by atoms with Crippen molar-refractivity contribution in [3.8, 4) is 0 Å². The summed E-state index contributed by atoms with van der Waals surface area (Å²) >= 11 is 0. The smallest absolute Gasteiger partial charge is 0.340 e. The van der Waals surface area contributed by atoms with Crippen molar-refractivity contribution in [3.05, 3.63) is 66.4 Å². The molecule has 0 radical (unpaired) electrons. The molecule has 0 aliphatic rings. The second-order valence-electron chi connectivity index (χ2n) is 7.03. The number of rotatable bonds is 7. The molecule has 1 amide bonds. The minimum absolute atomic E-state index is 0.0883. The Labute approximate surface area is 174 Å². The number of hydrogen-bond acceptors (Lipinski definition) is 5. The van der Waals surface area contributed by atoms with Gasteiger partial charge in [-0.2, -0.15) is 0 Å². The van der Waals surface area contributed by atoms with Crippen molar-refractivity contribution >= 4 is 34.4 Å². The van der Waals surface area contributed by atoms with Crippen molar-refractivity contribution in [2.75, 3.05) is 18.6 Å². The SMILES string of the molecule is COC(=O)c1cn(CC(=O)OCC(=O)N(c2ccccc2)C(C)C)c2ccccc12. The molecule has 0 aliphatic carbocycles. The highest BCUT2D eigenvalue weighted by atomic mass is 16.5. The Morgan fingerprint density at radius 3 is 2.33 bits per heavy atom. The summed E-state index contributed by atoms with van der Waals surface area (Å²) in [5.74, 6) is -1.36. The van der Waals surface area contributed by atoms with Gasteiger partial charge in [-0.15, -0.1) is 0 Å². The molecule has 0 unspecified atom stereocenters. The number of carbonyl (C=O) groups excluding carboxylic acids is 3. The van der Waals surface area contributed by atoms with E-state index in [1.165, 1.54) is 7.11 Å². The summed E-state index contributed by atoms with van der Waals surface area (Å²) in [5.41, 5.74) is 1.81. The van der Waals surface area contributed by atoms with Gasteiger partial charge in [0.25, 0.3) is 5.91 Å². The lowest BCUT2D eigenvalue weighted by atomic mass is 10.2. The zero-order chi connectivity index (χ0) is 21.7. The van der Waals surface area contributed by atoms with Crippen LogP contribution in [0.2, 0.25) is 0 Å². The number of amides is 1. The molecule has 0 spiro atoms. The van der Waals surface area contributed by atoms with Crippen LogP contribution in [-0.4, -0.2) is 42.2 Å². The number of nitrogens with zero attached hydrogens (tertiary/aromatic N) is 2. The number of ether oxygens (including phenoxy) is 2. The Kier molecular flexibility index (Phi) is 6.51. The van der Waals surface area contributed by atoms with Gasteiger partial charge >= 0.3 is 11.9 Å². The number of anilines is 1. The molecule has 0 N–H and O–H groups in total. The molecule has 30 heavy (non-hydrogen) atoms. The molecule has 7 nitrogen and oxygen atoms in total. The molecular formula is C23H24N2O5. The molecule has 0 saturated carbocycles. The van der Waals surface area contributed by atoms with Crippen LogP contribution in [0.1, 0.15) is 24.2 Å². The lowest BCUT2D eigenvalue weighted by Gasteiger charge is -2.26. The lowest BCUT2D eigenvalue weighted by Crippen LogP contribution is -2.40. The van der Waals surface area contributed by atoms with Crippen LogP contribution in [0.3, 0.4) is 0 Å². The highest BCUT2D eigenvalue weighted by Gasteiger charge is 2.21. The fourth-order valence-corrected chi connectivity index (χ4v) is 3.37. The van der Waals surface area contributed by atoms with Crippen LogP contribution in [0.15, 0.2) is 60.8 Å². The third-order valence-electron chi connectivity index (χ3n) is 4.67. The molecule has 3 aromatic rings. The quantitative estimate of drug-likeness (QED) is 0.560. The van der Waals surface area contributed by atoms with Crippen molar-refractivity contribution in [3.63, 3.8) is 0 Å². The van der Waals surface area contributed by atoms with Crippen molar-refractivity contribution in [1.82, 2.24) is 4.57 Å². The zero-order valence-electron chi connectivity index (χ0n) is 17.2. The molecule has 0 aliphatic heterocycles. The first-order valence-corrected chi connectivity index (χ1v) is 9.61. The topological polar surface area (TPSA) is 77.8 Å². The minimum Gasteiger partial charge on any atom is -0.465 e. The van der Waals surface area contributed by atoms with Gasteiger partial charge in [-0.05, 0) is 32.0 Å². The molecule has 0 saturated heterocycles. The molecule has 0 bridgehead atoms. The van der Waals surface area contributed by atoms with E-state index in [4.69, 9.17) is 9.47 Å². The van der Waals surface area contributed by atoms with E-state index >= 15 is 0 Å². The predicted octanol–water partition coefficient (Wildman–Crippen LogP) is 3.41. The molecule has 156 valence electrons. The van der Waals surface area contributed by atoms with Crippen LogP contribution in [0.4, 0.5) is 5.69 Å². The maximum atomic E-state index is 12.7. The molecule has 0 atom stereocenters. The van der Waals surface area contributed by atoms with E-state index in [9.17, 15) is 14.4 Å². The van der Waals surface area contributed by atoms with Gasteiger partial charge < -0.3 is 18.9 Å². The van der Waals surface area contributed by atoms with Gasteiger partial charge in [0.05, 0.1) is 12.7 Å². The average molecular weight is 408 g/mol. The lowest BCUT2D eigenvalue weighted by molar-refractivity contribution is -0.148. The standard InChI is InChI=1S/C23H24N2O5/c1-16(2)25(17-9-5-4-6-10-17)21(26)15-30-22(27)14-24-13-19(23(28)29-3)18-11-7-8-12-20(18)24/h4-13,16H,14-15H2,1-3H3. The number of hydrogen-bond donors (Lipinski definition) is 0. The normalized spacial score (nSPS) is 10.8. The Balaban J connectivity index is 1.70. The third kappa shape index (κ3) is 4.51. The Morgan fingerprint density at radius 2 is 1.67 bits per heavy atom. The van der Waals surface area contributed by atoms with Gasteiger partial charge in [-0.3, -0.25) is 9.59 Å². The zero-order valence-corrected chi connectivity index (χ0v) is 17.2. The summed E-state index contributed by atoms with van der Waals surface area (Å²) in [7, 11) is 1.31. The maximum absolute atomic E-state index is 12.7. The highest BCUT2D eigenvalue weighted by Crippen LogP contribution is 2.22. The van der Waals surface area contributed by atoms with Crippen molar-refractivity contribution < 1.29 is 23.9 Å². The van der Waals surface area contributed by atoms with Gasteiger partial charge in [0.2, 0.25) is 0 Å².